The van der Waals surface area contributed by atoms with Crippen LogP contribution in [-0.2, 0) is 0 Å². The Balaban J connectivity index is 1.95. The second-order valence-corrected chi connectivity index (χ2v) is 6.18. The molecule has 3 rings (SSSR count). The largest absolute Gasteiger partial charge is 0.399 e. The number of pyridine rings is 1. The minimum atomic E-state index is 0.624. The topological polar surface area (TPSA) is 45.4 Å². The molecule has 1 aromatic carbocycles. The van der Waals surface area contributed by atoms with E-state index in [9.17, 15) is 0 Å². The Kier molecular flexibility index (Phi) is 3.72. The number of piperazine rings is 1. The third-order valence-corrected chi connectivity index (χ3v) is 4.32. The van der Waals surface area contributed by atoms with Gasteiger partial charge >= 0.3 is 0 Å². The number of anilines is 2. The van der Waals surface area contributed by atoms with Crippen molar-refractivity contribution in [3.05, 3.63) is 30.0 Å². The summed E-state index contributed by atoms with van der Waals surface area (Å²) >= 11 is 0. The molecule has 2 N–H and O–H groups in total. The van der Waals surface area contributed by atoms with Crippen molar-refractivity contribution in [2.75, 3.05) is 36.8 Å². The lowest BCUT2D eigenvalue weighted by Gasteiger charge is -2.38. The van der Waals surface area contributed by atoms with Gasteiger partial charge < -0.3 is 10.6 Å². The molecule has 4 nitrogen and oxygen atoms in total. The fourth-order valence-corrected chi connectivity index (χ4v) is 3.10. The third kappa shape index (κ3) is 2.81. The first kappa shape index (κ1) is 14.1. The summed E-state index contributed by atoms with van der Waals surface area (Å²) < 4.78 is 0. The average Bonchev–Trinajstić information content (AvgIpc) is 2.47. The van der Waals surface area contributed by atoms with E-state index in [0.717, 1.165) is 43.1 Å². The van der Waals surface area contributed by atoms with Crippen LogP contribution in [0.5, 0.6) is 0 Å². The van der Waals surface area contributed by atoms with Crippen molar-refractivity contribution >= 4 is 22.3 Å². The van der Waals surface area contributed by atoms with Gasteiger partial charge in [-0.25, -0.2) is 0 Å². The van der Waals surface area contributed by atoms with Gasteiger partial charge in [0.25, 0.3) is 0 Å². The van der Waals surface area contributed by atoms with E-state index in [1.807, 2.05) is 18.2 Å². The predicted octanol–water partition coefficient (Wildman–Crippen LogP) is 2.66. The van der Waals surface area contributed by atoms with Gasteiger partial charge in [0, 0.05) is 54.7 Å². The molecule has 1 fully saturated rings. The Morgan fingerprint density at radius 1 is 1.10 bits per heavy atom. The fourth-order valence-electron chi connectivity index (χ4n) is 3.10. The molecule has 1 aliphatic rings. The van der Waals surface area contributed by atoms with Gasteiger partial charge in [-0.05, 0) is 45.0 Å². The minimum Gasteiger partial charge on any atom is -0.399 e. The predicted molar refractivity (Wildman–Crippen MR) is 89.8 cm³/mol. The van der Waals surface area contributed by atoms with Crippen molar-refractivity contribution in [2.45, 2.75) is 26.8 Å². The average molecular weight is 284 g/mol. The van der Waals surface area contributed by atoms with Gasteiger partial charge in [0.1, 0.15) is 0 Å². The van der Waals surface area contributed by atoms with E-state index < -0.39 is 0 Å². The first-order valence-corrected chi connectivity index (χ1v) is 7.70. The van der Waals surface area contributed by atoms with Crippen LogP contribution < -0.4 is 10.6 Å². The number of nitrogens with two attached hydrogens (primary N) is 1. The van der Waals surface area contributed by atoms with Crippen LogP contribution >= 0.6 is 0 Å². The number of rotatable bonds is 2. The molecule has 0 unspecified atom stereocenters. The molecule has 0 atom stereocenters. The summed E-state index contributed by atoms with van der Waals surface area (Å²) in [7, 11) is 0. The van der Waals surface area contributed by atoms with Crippen molar-refractivity contribution in [1.82, 2.24) is 9.88 Å². The van der Waals surface area contributed by atoms with Crippen molar-refractivity contribution in [3.8, 4) is 0 Å². The van der Waals surface area contributed by atoms with Crippen LogP contribution in [0.4, 0.5) is 11.4 Å². The van der Waals surface area contributed by atoms with Crippen LogP contribution in [0.3, 0.4) is 0 Å². The summed E-state index contributed by atoms with van der Waals surface area (Å²) in [6.07, 6.45) is 0. The van der Waals surface area contributed by atoms with E-state index in [2.05, 4.69) is 41.6 Å². The first-order valence-electron chi connectivity index (χ1n) is 7.70. The highest BCUT2D eigenvalue weighted by atomic mass is 15.3. The lowest BCUT2D eigenvalue weighted by Crippen LogP contribution is -2.49. The Bertz CT molecular complexity index is 643. The summed E-state index contributed by atoms with van der Waals surface area (Å²) in [5.41, 5.74) is 10.1. The summed E-state index contributed by atoms with van der Waals surface area (Å²) in [5, 5.41) is 1.17. The number of aromatic nitrogens is 1. The standard InChI is InChI=1S/C17H24N4/c1-12(2)20-6-8-21(9-7-20)17-10-13(3)19-16-5-4-14(18)11-15(16)17/h4-5,10-12H,6-9,18H2,1-3H3. The number of nitrogen functional groups attached to an aromatic ring is 1. The number of hydrogen-bond donors (Lipinski definition) is 1. The van der Waals surface area contributed by atoms with Crippen molar-refractivity contribution in [3.63, 3.8) is 0 Å². The smallest absolute Gasteiger partial charge is 0.0727 e. The van der Waals surface area contributed by atoms with E-state index in [-0.39, 0.29) is 0 Å². The zero-order valence-electron chi connectivity index (χ0n) is 13.1. The molecule has 0 amide bonds. The normalized spacial score (nSPS) is 16.9. The Morgan fingerprint density at radius 2 is 1.81 bits per heavy atom. The summed E-state index contributed by atoms with van der Waals surface area (Å²) in [4.78, 5) is 9.62. The molecule has 112 valence electrons. The first-order chi connectivity index (χ1) is 10.0. The molecule has 0 spiro atoms. The molecule has 1 aliphatic heterocycles. The lowest BCUT2D eigenvalue weighted by atomic mass is 10.1. The van der Waals surface area contributed by atoms with E-state index >= 15 is 0 Å². The van der Waals surface area contributed by atoms with Gasteiger partial charge in [-0.1, -0.05) is 0 Å². The molecule has 0 saturated carbocycles. The third-order valence-electron chi connectivity index (χ3n) is 4.32. The van der Waals surface area contributed by atoms with Crippen LogP contribution in [0.15, 0.2) is 24.3 Å². The maximum atomic E-state index is 5.97. The summed E-state index contributed by atoms with van der Waals surface area (Å²) in [6.45, 7) is 10.9. The molecule has 21 heavy (non-hydrogen) atoms. The number of aryl methyl sites for hydroxylation is 1. The van der Waals surface area contributed by atoms with Gasteiger partial charge in [-0.3, -0.25) is 9.88 Å². The molecule has 0 bridgehead atoms. The van der Waals surface area contributed by atoms with Crippen LogP contribution in [0, 0.1) is 6.92 Å². The number of hydrogen-bond acceptors (Lipinski definition) is 4. The summed E-state index contributed by atoms with van der Waals surface area (Å²) in [5.74, 6) is 0. The van der Waals surface area contributed by atoms with E-state index in [1.165, 1.54) is 11.1 Å². The highest BCUT2D eigenvalue weighted by Crippen LogP contribution is 2.29. The van der Waals surface area contributed by atoms with Gasteiger partial charge in [-0.2, -0.15) is 0 Å². The Labute approximate surface area is 126 Å². The van der Waals surface area contributed by atoms with Crippen LogP contribution in [0.1, 0.15) is 19.5 Å². The zero-order chi connectivity index (χ0) is 15.0. The van der Waals surface area contributed by atoms with Crippen LogP contribution in [0.25, 0.3) is 10.9 Å². The second kappa shape index (κ2) is 5.53. The number of nitrogens with zero attached hydrogens (tertiary/aromatic N) is 3. The number of fused-ring (bicyclic) bond motifs is 1. The lowest BCUT2D eigenvalue weighted by molar-refractivity contribution is 0.209. The molecule has 0 aliphatic carbocycles. The zero-order valence-corrected chi connectivity index (χ0v) is 13.1. The SMILES string of the molecule is Cc1cc(N2CCN(C(C)C)CC2)c2cc(N)ccc2n1. The molecule has 2 heterocycles. The Hall–Kier alpha value is -1.81. The van der Waals surface area contributed by atoms with E-state index in [4.69, 9.17) is 5.73 Å². The maximum Gasteiger partial charge on any atom is 0.0727 e. The molecule has 1 aromatic heterocycles. The maximum absolute atomic E-state index is 5.97. The molecule has 4 heteroatoms. The molecule has 1 saturated heterocycles. The monoisotopic (exact) mass is 284 g/mol. The fraction of sp³-hybridized carbons (Fsp3) is 0.471. The highest BCUT2D eigenvalue weighted by Gasteiger charge is 2.20. The molecular weight excluding hydrogens is 260 g/mol. The van der Waals surface area contributed by atoms with Crippen LogP contribution in [-0.4, -0.2) is 42.1 Å². The molecule has 2 aromatic rings. The quantitative estimate of drug-likeness (QED) is 0.861. The Morgan fingerprint density at radius 3 is 2.48 bits per heavy atom. The van der Waals surface area contributed by atoms with Gasteiger partial charge in [0.05, 0.1) is 5.52 Å². The highest BCUT2D eigenvalue weighted by molar-refractivity contribution is 5.94. The van der Waals surface area contributed by atoms with Crippen molar-refractivity contribution < 1.29 is 0 Å². The van der Waals surface area contributed by atoms with Crippen LogP contribution in [0.2, 0.25) is 0 Å². The van der Waals surface area contributed by atoms with Gasteiger partial charge in [0.2, 0.25) is 0 Å². The van der Waals surface area contributed by atoms with Crippen molar-refractivity contribution in [1.29, 1.82) is 0 Å². The minimum absolute atomic E-state index is 0.624. The second-order valence-electron chi connectivity index (χ2n) is 6.18. The van der Waals surface area contributed by atoms with E-state index in [0.29, 0.717) is 6.04 Å². The number of benzene rings is 1. The molecular formula is C17H24N4. The summed E-state index contributed by atoms with van der Waals surface area (Å²) in [6, 6.07) is 8.80. The van der Waals surface area contributed by atoms with Crippen molar-refractivity contribution in [2.24, 2.45) is 0 Å². The van der Waals surface area contributed by atoms with E-state index in [1.54, 1.807) is 0 Å². The molecule has 0 radical (unpaired) electrons. The van der Waals surface area contributed by atoms with Gasteiger partial charge in [0.15, 0.2) is 0 Å². The van der Waals surface area contributed by atoms with Gasteiger partial charge in [-0.15, -0.1) is 0 Å².